The number of aromatic nitrogens is 1. The highest BCUT2D eigenvalue weighted by molar-refractivity contribution is 7.14. The first-order valence-electron chi connectivity index (χ1n) is 11.2. The molecule has 1 aromatic carbocycles. The number of rotatable bonds is 6. The standard InChI is InChI=1S/C23H32N4O2S/c1-2-6-17-7-5-12-27(15-17)23-25-20(16-30-23)22(29)24-19-8-3-4-9-21(19)26-13-10-18(28)11-14-26/h3-4,8-9,16-18,28H,2,5-7,10-15H2,1H3,(H,24,29). The van der Waals surface area contributed by atoms with Gasteiger partial charge in [0, 0.05) is 31.6 Å². The van der Waals surface area contributed by atoms with Gasteiger partial charge in [-0.25, -0.2) is 4.98 Å². The van der Waals surface area contributed by atoms with E-state index in [1.54, 1.807) is 11.3 Å². The zero-order chi connectivity index (χ0) is 20.9. The maximum absolute atomic E-state index is 12.9. The van der Waals surface area contributed by atoms with Gasteiger partial charge < -0.3 is 20.2 Å². The number of hydrogen-bond donors (Lipinski definition) is 2. The SMILES string of the molecule is CCCC1CCCN(c2nc(C(=O)Nc3ccccc3N3CCC(O)CC3)cs2)C1. The fraction of sp³-hybridized carbons (Fsp3) is 0.565. The summed E-state index contributed by atoms with van der Waals surface area (Å²) in [5.41, 5.74) is 2.29. The van der Waals surface area contributed by atoms with Gasteiger partial charge in [0.15, 0.2) is 5.13 Å². The number of carbonyl (C=O) groups is 1. The fourth-order valence-electron chi connectivity index (χ4n) is 4.54. The smallest absolute Gasteiger partial charge is 0.275 e. The molecule has 2 fully saturated rings. The van der Waals surface area contributed by atoms with Crippen LogP contribution in [-0.4, -0.2) is 48.3 Å². The molecule has 6 nitrogen and oxygen atoms in total. The normalized spacial score (nSPS) is 20.4. The van der Waals surface area contributed by atoms with Crippen LogP contribution in [0.1, 0.15) is 55.9 Å². The lowest BCUT2D eigenvalue weighted by Crippen LogP contribution is -2.36. The summed E-state index contributed by atoms with van der Waals surface area (Å²) in [6.45, 7) is 5.91. The largest absolute Gasteiger partial charge is 0.393 e. The first-order chi connectivity index (χ1) is 14.6. The first-order valence-corrected chi connectivity index (χ1v) is 12.1. The van der Waals surface area contributed by atoms with Crippen LogP contribution < -0.4 is 15.1 Å². The van der Waals surface area contributed by atoms with Crippen molar-refractivity contribution < 1.29 is 9.90 Å². The molecule has 3 heterocycles. The number of amides is 1. The number of hydrogen-bond acceptors (Lipinski definition) is 6. The Bertz CT molecular complexity index is 845. The average Bonchev–Trinajstić information content (AvgIpc) is 3.26. The summed E-state index contributed by atoms with van der Waals surface area (Å²) in [6.07, 6.45) is 6.28. The van der Waals surface area contributed by atoms with E-state index < -0.39 is 0 Å². The number of nitrogens with one attached hydrogen (secondary N) is 1. The highest BCUT2D eigenvalue weighted by Crippen LogP contribution is 2.31. The first kappa shape index (κ1) is 21.1. The lowest BCUT2D eigenvalue weighted by atomic mass is 9.94. The molecule has 0 saturated carbocycles. The number of benzene rings is 1. The van der Waals surface area contributed by atoms with Gasteiger partial charge in [-0.2, -0.15) is 0 Å². The molecule has 2 aliphatic heterocycles. The Morgan fingerprint density at radius 1 is 1.20 bits per heavy atom. The third kappa shape index (κ3) is 4.95. The second-order valence-corrected chi connectivity index (χ2v) is 9.28. The van der Waals surface area contributed by atoms with Crippen LogP contribution in [0.25, 0.3) is 0 Å². The number of nitrogens with zero attached hydrogens (tertiary/aromatic N) is 3. The van der Waals surface area contributed by atoms with Crippen LogP contribution in [0.3, 0.4) is 0 Å². The molecule has 0 aliphatic carbocycles. The molecule has 30 heavy (non-hydrogen) atoms. The van der Waals surface area contributed by atoms with Crippen LogP contribution in [0.2, 0.25) is 0 Å². The summed E-state index contributed by atoms with van der Waals surface area (Å²) < 4.78 is 0. The van der Waals surface area contributed by atoms with Crippen LogP contribution in [0.5, 0.6) is 0 Å². The van der Waals surface area contributed by atoms with Crippen molar-refractivity contribution in [3.05, 3.63) is 35.3 Å². The highest BCUT2D eigenvalue weighted by atomic mass is 32.1. The quantitative estimate of drug-likeness (QED) is 0.715. The Morgan fingerprint density at radius 2 is 2.00 bits per heavy atom. The minimum atomic E-state index is -0.219. The van der Waals surface area contributed by atoms with E-state index in [9.17, 15) is 9.90 Å². The van der Waals surface area contributed by atoms with Gasteiger partial charge in [0.1, 0.15) is 5.69 Å². The van der Waals surface area contributed by atoms with Crippen molar-refractivity contribution in [1.29, 1.82) is 0 Å². The Kier molecular flexibility index (Phi) is 6.89. The van der Waals surface area contributed by atoms with E-state index in [0.29, 0.717) is 5.69 Å². The van der Waals surface area contributed by atoms with Gasteiger partial charge in [0.2, 0.25) is 0 Å². The zero-order valence-corrected chi connectivity index (χ0v) is 18.5. The number of carbonyl (C=O) groups excluding carboxylic acids is 1. The molecule has 162 valence electrons. The molecule has 4 rings (SSSR count). The summed E-state index contributed by atoms with van der Waals surface area (Å²) >= 11 is 1.56. The topological polar surface area (TPSA) is 68.7 Å². The third-order valence-corrected chi connectivity index (χ3v) is 7.07. The monoisotopic (exact) mass is 428 g/mol. The summed E-state index contributed by atoms with van der Waals surface area (Å²) in [7, 11) is 0. The van der Waals surface area contributed by atoms with E-state index >= 15 is 0 Å². The van der Waals surface area contributed by atoms with E-state index in [-0.39, 0.29) is 12.0 Å². The van der Waals surface area contributed by atoms with E-state index in [1.165, 1.54) is 25.7 Å². The van der Waals surface area contributed by atoms with Crippen molar-refractivity contribution >= 4 is 33.8 Å². The van der Waals surface area contributed by atoms with Gasteiger partial charge in [0.05, 0.1) is 17.5 Å². The molecule has 1 unspecified atom stereocenters. The van der Waals surface area contributed by atoms with Gasteiger partial charge in [-0.3, -0.25) is 4.79 Å². The summed E-state index contributed by atoms with van der Waals surface area (Å²) in [5.74, 6) is 0.573. The van der Waals surface area contributed by atoms with Crippen molar-refractivity contribution in [1.82, 2.24) is 4.98 Å². The number of para-hydroxylation sites is 2. The Balaban J connectivity index is 1.43. The maximum Gasteiger partial charge on any atom is 0.275 e. The van der Waals surface area contributed by atoms with Crippen molar-refractivity contribution in [2.45, 2.75) is 51.6 Å². The molecule has 1 aromatic heterocycles. The summed E-state index contributed by atoms with van der Waals surface area (Å²) in [4.78, 5) is 22.2. The molecular weight excluding hydrogens is 396 g/mol. The number of aliphatic hydroxyl groups is 1. The minimum absolute atomic E-state index is 0.163. The molecule has 0 spiro atoms. The fourth-order valence-corrected chi connectivity index (χ4v) is 5.39. The van der Waals surface area contributed by atoms with Crippen LogP contribution >= 0.6 is 11.3 Å². The van der Waals surface area contributed by atoms with Crippen molar-refractivity contribution in [2.24, 2.45) is 5.92 Å². The molecule has 2 N–H and O–H groups in total. The number of piperidine rings is 2. The van der Waals surface area contributed by atoms with Gasteiger partial charge in [-0.1, -0.05) is 25.5 Å². The lowest BCUT2D eigenvalue weighted by molar-refractivity contribution is 0.102. The second-order valence-electron chi connectivity index (χ2n) is 8.45. The van der Waals surface area contributed by atoms with Crippen molar-refractivity contribution in [3.8, 4) is 0 Å². The van der Waals surface area contributed by atoms with E-state index in [0.717, 1.165) is 61.4 Å². The predicted octanol–water partition coefficient (Wildman–Crippen LogP) is 4.37. The van der Waals surface area contributed by atoms with E-state index in [2.05, 4.69) is 27.0 Å². The zero-order valence-electron chi connectivity index (χ0n) is 17.7. The van der Waals surface area contributed by atoms with Gasteiger partial charge in [-0.15, -0.1) is 11.3 Å². The number of thiazole rings is 1. The molecule has 0 bridgehead atoms. The third-order valence-electron chi connectivity index (χ3n) is 6.17. The molecular formula is C23H32N4O2S. The lowest BCUT2D eigenvalue weighted by Gasteiger charge is -2.32. The minimum Gasteiger partial charge on any atom is -0.393 e. The summed E-state index contributed by atoms with van der Waals surface area (Å²) in [5, 5.41) is 15.7. The Morgan fingerprint density at radius 3 is 2.80 bits per heavy atom. The van der Waals surface area contributed by atoms with Crippen molar-refractivity contribution in [2.75, 3.05) is 41.3 Å². The molecule has 1 amide bonds. The van der Waals surface area contributed by atoms with E-state index in [1.807, 2.05) is 29.6 Å². The van der Waals surface area contributed by atoms with Gasteiger partial charge in [0.25, 0.3) is 5.91 Å². The molecule has 1 atom stereocenters. The highest BCUT2D eigenvalue weighted by Gasteiger charge is 2.24. The van der Waals surface area contributed by atoms with Gasteiger partial charge >= 0.3 is 0 Å². The van der Waals surface area contributed by atoms with Gasteiger partial charge in [-0.05, 0) is 50.2 Å². The molecule has 0 radical (unpaired) electrons. The van der Waals surface area contributed by atoms with Crippen LogP contribution in [-0.2, 0) is 0 Å². The molecule has 2 aromatic rings. The Hall–Kier alpha value is -2.12. The molecule has 7 heteroatoms. The van der Waals surface area contributed by atoms with Crippen LogP contribution in [0, 0.1) is 5.92 Å². The van der Waals surface area contributed by atoms with E-state index in [4.69, 9.17) is 0 Å². The number of anilines is 3. The molecule has 2 saturated heterocycles. The average molecular weight is 429 g/mol. The molecule has 2 aliphatic rings. The van der Waals surface area contributed by atoms with Crippen molar-refractivity contribution in [3.63, 3.8) is 0 Å². The number of aliphatic hydroxyl groups excluding tert-OH is 1. The Labute approximate surface area is 182 Å². The maximum atomic E-state index is 12.9. The predicted molar refractivity (Wildman–Crippen MR) is 124 cm³/mol. The second kappa shape index (κ2) is 9.79. The summed E-state index contributed by atoms with van der Waals surface area (Å²) in [6, 6.07) is 7.89. The van der Waals surface area contributed by atoms with Crippen LogP contribution in [0.4, 0.5) is 16.5 Å². The van der Waals surface area contributed by atoms with Crippen LogP contribution in [0.15, 0.2) is 29.6 Å².